The van der Waals surface area contributed by atoms with Gasteiger partial charge in [0, 0.05) is 34.3 Å². The van der Waals surface area contributed by atoms with Crippen LogP contribution in [0.15, 0.2) is 48.1 Å². The first-order valence-electron chi connectivity index (χ1n) is 8.26. The Kier molecular flexibility index (Phi) is 6.22. The molecule has 0 spiro atoms. The molecule has 7 heteroatoms. The standard InChI is InChI=1S/C20H19IN4OS/c1-3-4-15-18-16(10-23-20(15)22)27-17(11-26)19(18)24-12-25(2)14-7-5-13(9-21)6-8-14/h3,5-8,10-12H,1,4,9H2,2H3,(H2,22,23). The lowest BCUT2D eigenvalue weighted by Gasteiger charge is -2.13. The topological polar surface area (TPSA) is 71.6 Å². The Morgan fingerprint density at radius 2 is 2.11 bits per heavy atom. The second-order valence-corrected chi connectivity index (χ2v) is 7.79. The Balaban J connectivity index is 2.04. The summed E-state index contributed by atoms with van der Waals surface area (Å²) >= 11 is 3.71. The summed E-state index contributed by atoms with van der Waals surface area (Å²) in [6.45, 7) is 3.79. The molecule has 0 saturated heterocycles. The van der Waals surface area contributed by atoms with Gasteiger partial charge in [-0.25, -0.2) is 9.98 Å². The van der Waals surface area contributed by atoms with E-state index in [0.29, 0.717) is 22.8 Å². The number of aromatic nitrogens is 1. The molecular formula is C20H19IN4OS. The molecule has 2 heterocycles. The maximum atomic E-state index is 11.6. The number of rotatable bonds is 7. The number of carbonyl (C=O) groups is 1. The van der Waals surface area contributed by atoms with Gasteiger partial charge in [0.15, 0.2) is 6.29 Å². The van der Waals surface area contributed by atoms with Crippen molar-refractivity contribution < 1.29 is 4.79 Å². The number of hydrogen-bond donors (Lipinski definition) is 1. The smallest absolute Gasteiger partial charge is 0.162 e. The van der Waals surface area contributed by atoms with E-state index in [9.17, 15) is 4.79 Å². The number of pyridine rings is 1. The number of nitrogens with zero attached hydrogens (tertiary/aromatic N) is 3. The summed E-state index contributed by atoms with van der Waals surface area (Å²) in [5, 5.41) is 0.874. The van der Waals surface area contributed by atoms with Gasteiger partial charge in [-0.1, -0.05) is 40.8 Å². The fourth-order valence-corrected chi connectivity index (χ4v) is 4.24. The Morgan fingerprint density at radius 3 is 2.74 bits per heavy atom. The minimum Gasteiger partial charge on any atom is -0.383 e. The number of anilines is 2. The van der Waals surface area contributed by atoms with E-state index in [4.69, 9.17) is 5.73 Å². The van der Waals surface area contributed by atoms with Crippen LogP contribution >= 0.6 is 33.9 Å². The lowest BCUT2D eigenvalue weighted by molar-refractivity contribution is 0.112. The zero-order chi connectivity index (χ0) is 19.4. The van der Waals surface area contributed by atoms with E-state index >= 15 is 0 Å². The number of fused-ring (bicyclic) bond motifs is 1. The number of allylic oxidation sites excluding steroid dienone is 1. The molecule has 0 amide bonds. The largest absolute Gasteiger partial charge is 0.383 e. The summed E-state index contributed by atoms with van der Waals surface area (Å²) < 4.78 is 1.87. The molecule has 1 aromatic carbocycles. The van der Waals surface area contributed by atoms with E-state index < -0.39 is 0 Å². The van der Waals surface area contributed by atoms with E-state index in [-0.39, 0.29) is 0 Å². The number of carbonyl (C=O) groups excluding carboxylic acids is 1. The summed E-state index contributed by atoms with van der Waals surface area (Å²) in [6.07, 6.45) is 6.60. The first-order valence-corrected chi connectivity index (χ1v) is 10.6. The Hall–Kier alpha value is -2.26. The van der Waals surface area contributed by atoms with Gasteiger partial charge in [0.05, 0.1) is 21.6 Å². The van der Waals surface area contributed by atoms with Crippen molar-refractivity contribution in [3.05, 3.63) is 59.1 Å². The van der Waals surface area contributed by atoms with Crippen LogP contribution in [0.1, 0.15) is 20.8 Å². The second kappa shape index (κ2) is 8.62. The number of halogens is 1. The van der Waals surface area contributed by atoms with Crippen LogP contribution < -0.4 is 10.6 Å². The molecule has 0 unspecified atom stereocenters. The maximum absolute atomic E-state index is 11.6. The molecule has 0 bridgehead atoms. The number of thiophene rings is 1. The average molecular weight is 490 g/mol. The second-order valence-electron chi connectivity index (χ2n) is 5.94. The maximum Gasteiger partial charge on any atom is 0.162 e. The summed E-state index contributed by atoms with van der Waals surface area (Å²) in [5.74, 6) is 0.442. The summed E-state index contributed by atoms with van der Waals surface area (Å²) in [6, 6.07) is 8.30. The number of hydrogen-bond acceptors (Lipinski definition) is 5. The predicted molar refractivity (Wildman–Crippen MR) is 124 cm³/mol. The quantitative estimate of drug-likeness (QED) is 0.124. The molecule has 0 atom stereocenters. The van der Waals surface area contributed by atoms with E-state index in [1.54, 1.807) is 18.6 Å². The highest BCUT2D eigenvalue weighted by Crippen LogP contribution is 2.40. The molecule has 0 aliphatic heterocycles. The van der Waals surface area contributed by atoms with Crippen molar-refractivity contribution in [2.24, 2.45) is 4.99 Å². The third-order valence-electron chi connectivity index (χ3n) is 4.18. The molecule has 3 rings (SSSR count). The van der Waals surface area contributed by atoms with Gasteiger partial charge in [0.2, 0.25) is 0 Å². The zero-order valence-electron chi connectivity index (χ0n) is 14.9. The lowest BCUT2D eigenvalue weighted by atomic mass is 10.1. The number of nitrogens with two attached hydrogens (primary N) is 1. The molecule has 0 aliphatic rings. The molecule has 2 aromatic heterocycles. The van der Waals surface area contributed by atoms with Crippen LogP contribution in [0.25, 0.3) is 10.1 Å². The highest BCUT2D eigenvalue weighted by Gasteiger charge is 2.17. The number of aldehydes is 1. The minimum atomic E-state index is 0.442. The predicted octanol–water partition coefficient (Wildman–Crippen LogP) is 5.15. The molecule has 5 nitrogen and oxygen atoms in total. The molecule has 27 heavy (non-hydrogen) atoms. The van der Waals surface area contributed by atoms with Gasteiger partial charge in [-0.05, 0) is 24.1 Å². The highest BCUT2D eigenvalue weighted by atomic mass is 127. The van der Waals surface area contributed by atoms with Crippen LogP contribution in [-0.4, -0.2) is 24.7 Å². The SMILES string of the molecule is C=CCc1c(N)ncc2sc(C=O)c(N=CN(C)c3ccc(CI)cc3)c12. The van der Waals surface area contributed by atoms with Gasteiger partial charge >= 0.3 is 0 Å². The minimum absolute atomic E-state index is 0.442. The molecular weight excluding hydrogens is 471 g/mol. The van der Waals surface area contributed by atoms with Gasteiger partial charge in [-0.2, -0.15) is 0 Å². The number of nitrogen functional groups attached to an aromatic ring is 1. The van der Waals surface area contributed by atoms with Crippen molar-refractivity contribution in [1.82, 2.24) is 4.98 Å². The lowest BCUT2D eigenvalue weighted by Crippen LogP contribution is -2.13. The number of benzene rings is 1. The van der Waals surface area contributed by atoms with Crippen molar-refractivity contribution in [2.75, 3.05) is 17.7 Å². The Morgan fingerprint density at radius 1 is 1.37 bits per heavy atom. The van der Waals surface area contributed by atoms with E-state index in [1.807, 2.05) is 11.9 Å². The molecule has 0 aliphatic carbocycles. The fourth-order valence-electron chi connectivity index (χ4n) is 2.76. The van der Waals surface area contributed by atoms with Crippen LogP contribution in [0, 0.1) is 0 Å². The van der Waals surface area contributed by atoms with Crippen LogP contribution in [0.4, 0.5) is 17.2 Å². The molecule has 0 radical (unpaired) electrons. The normalized spacial score (nSPS) is 11.2. The van der Waals surface area contributed by atoms with Crippen LogP contribution in [-0.2, 0) is 10.8 Å². The number of aliphatic imine (C=N–C) groups is 1. The Labute approximate surface area is 175 Å². The van der Waals surface area contributed by atoms with Crippen molar-refractivity contribution in [2.45, 2.75) is 10.8 Å². The van der Waals surface area contributed by atoms with Gasteiger partial charge in [-0.15, -0.1) is 17.9 Å². The number of alkyl halides is 1. The fraction of sp³-hybridized carbons (Fsp3) is 0.150. The Bertz CT molecular complexity index is 1010. The van der Waals surface area contributed by atoms with Crippen molar-refractivity contribution in [1.29, 1.82) is 0 Å². The third-order valence-corrected chi connectivity index (χ3v) is 6.10. The first-order chi connectivity index (χ1) is 13.1. The van der Waals surface area contributed by atoms with Crippen LogP contribution in [0.2, 0.25) is 0 Å². The molecule has 0 saturated carbocycles. The van der Waals surface area contributed by atoms with Gasteiger partial charge in [0.1, 0.15) is 5.82 Å². The summed E-state index contributed by atoms with van der Waals surface area (Å²) in [7, 11) is 1.93. The first kappa shape index (κ1) is 19.5. The van der Waals surface area contributed by atoms with Crippen molar-refractivity contribution in [3.63, 3.8) is 0 Å². The van der Waals surface area contributed by atoms with Crippen LogP contribution in [0.3, 0.4) is 0 Å². The average Bonchev–Trinajstić information content (AvgIpc) is 3.06. The third kappa shape index (κ3) is 4.03. The van der Waals surface area contributed by atoms with Crippen LogP contribution in [0.5, 0.6) is 0 Å². The van der Waals surface area contributed by atoms with Crippen molar-refractivity contribution in [3.8, 4) is 0 Å². The molecule has 0 fully saturated rings. The molecule has 2 N–H and O–H groups in total. The highest BCUT2D eigenvalue weighted by molar-refractivity contribution is 14.1. The van der Waals surface area contributed by atoms with E-state index in [0.717, 1.165) is 32.1 Å². The molecule has 138 valence electrons. The summed E-state index contributed by atoms with van der Waals surface area (Å²) in [4.78, 5) is 22.9. The van der Waals surface area contributed by atoms with E-state index in [1.165, 1.54) is 16.9 Å². The van der Waals surface area contributed by atoms with Crippen molar-refractivity contribution >= 4 is 73.8 Å². The van der Waals surface area contributed by atoms with Gasteiger partial charge in [-0.3, -0.25) is 4.79 Å². The van der Waals surface area contributed by atoms with E-state index in [2.05, 4.69) is 63.4 Å². The molecule has 3 aromatic rings. The zero-order valence-corrected chi connectivity index (χ0v) is 17.8. The van der Waals surface area contributed by atoms with Gasteiger partial charge in [0.25, 0.3) is 0 Å². The summed E-state index contributed by atoms with van der Waals surface area (Å²) in [5.41, 5.74) is 9.84. The monoisotopic (exact) mass is 490 g/mol. The van der Waals surface area contributed by atoms with Gasteiger partial charge < -0.3 is 10.6 Å².